The fourth-order valence-corrected chi connectivity index (χ4v) is 4.51. The number of likely N-dealkylation sites (N-methyl/N-ethyl adjacent to an activating group) is 1. The van der Waals surface area contributed by atoms with E-state index in [1.165, 1.54) is 0 Å². The monoisotopic (exact) mass is 526 g/mol. The number of nitrogens with one attached hydrogen (secondary N) is 1. The summed E-state index contributed by atoms with van der Waals surface area (Å²) in [6.07, 6.45) is 2.78. The minimum Gasteiger partial charge on any atom is -0.484 e. The van der Waals surface area contributed by atoms with Crippen molar-refractivity contribution < 1.29 is 14.3 Å². The topological polar surface area (TPSA) is 74.8 Å². The van der Waals surface area contributed by atoms with Crippen molar-refractivity contribution in [3.8, 4) is 5.75 Å². The number of nitrogens with zero attached hydrogens (tertiary/aromatic N) is 3. The fraction of sp³-hybridized carbons (Fsp3) is 0.296. The molecule has 1 aromatic heterocycles. The Bertz CT molecular complexity index is 1250. The number of hydrogen-bond donors (Lipinski definition) is 1. The third-order valence-corrected chi connectivity index (χ3v) is 6.70. The highest BCUT2D eigenvalue weighted by atomic mass is 35.5. The van der Waals surface area contributed by atoms with Gasteiger partial charge >= 0.3 is 0 Å². The van der Waals surface area contributed by atoms with Gasteiger partial charge in [-0.05, 0) is 62.9 Å². The molecule has 1 N–H and O–H groups in total. The van der Waals surface area contributed by atoms with Crippen LogP contribution in [-0.4, -0.2) is 58.9 Å². The van der Waals surface area contributed by atoms with Gasteiger partial charge in [0.1, 0.15) is 6.10 Å². The van der Waals surface area contributed by atoms with Crippen molar-refractivity contribution in [1.29, 1.82) is 0 Å². The number of benzene rings is 2. The van der Waals surface area contributed by atoms with Crippen molar-refractivity contribution in [2.45, 2.75) is 32.5 Å². The SMILES string of the molecule is CC(C)N1CC(CN(C)Cc2ccc(Cl)c(Cl)c2)Oc2c(NC(=O)c3ccncc3)cccc2C1=O. The van der Waals surface area contributed by atoms with Crippen LogP contribution in [0.3, 0.4) is 0 Å². The zero-order valence-electron chi connectivity index (χ0n) is 20.4. The number of anilines is 1. The number of ether oxygens (including phenoxy) is 1. The summed E-state index contributed by atoms with van der Waals surface area (Å²) in [4.78, 5) is 34.2. The maximum Gasteiger partial charge on any atom is 0.258 e. The van der Waals surface area contributed by atoms with Crippen LogP contribution in [0.1, 0.15) is 40.1 Å². The Hall–Kier alpha value is -3.13. The molecule has 0 saturated heterocycles. The first-order valence-corrected chi connectivity index (χ1v) is 12.4. The molecule has 1 aliphatic rings. The van der Waals surface area contributed by atoms with E-state index in [1.807, 2.05) is 33.0 Å². The number of carbonyl (C=O) groups is 2. The maximum absolute atomic E-state index is 13.5. The van der Waals surface area contributed by atoms with E-state index in [0.29, 0.717) is 52.2 Å². The predicted octanol–water partition coefficient (Wildman–Crippen LogP) is 5.38. The van der Waals surface area contributed by atoms with Gasteiger partial charge in [0.2, 0.25) is 0 Å². The molecule has 0 fully saturated rings. The molecule has 0 aliphatic carbocycles. The summed E-state index contributed by atoms with van der Waals surface area (Å²) in [5.41, 5.74) is 2.35. The average molecular weight is 527 g/mol. The average Bonchev–Trinajstić information content (AvgIpc) is 2.99. The van der Waals surface area contributed by atoms with E-state index in [9.17, 15) is 9.59 Å². The molecule has 36 heavy (non-hydrogen) atoms. The molecule has 2 heterocycles. The number of aromatic nitrogens is 1. The molecule has 9 heteroatoms. The first-order chi connectivity index (χ1) is 17.2. The smallest absolute Gasteiger partial charge is 0.258 e. The van der Waals surface area contributed by atoms with Crippen molar-refractivity contribution in [1.82, 2.24) is 14.8 Å². The quantitative estimate of drug-likeness (QED) is 0.447. The second kappa shape index (κ2) is 11.3. The van der Waals surface area contributed by atoms with E-state index in [1.54, 1.807) is 53.7 Å². The fourth-order valence-electron chi connectivity index (χ4n) is 4.19. The van der Waals surface area contributed by atoms with Crippen molar-refractivity contribution >= 4 is 40.7 Å². The van der Waals surface area contributed by atoms with Crippen molar-refractivity contribution in [3.63, 3.8) is 0 Å². The van der Waals surface area contributed by atoms with Crippen LogP contribution >= 0.6 is 23.2 Å². The number of rotatable bonds is 7. The molecular formula is C27H28Cl2N4O3. The highest BCUT2D eigenvalue weighted by Crippen LogP contribution is 2.34. The third kappa shape index (κ3) is 5.98. The molecule has 188 valence electrons. The summed E-state index contributed by atoms with van der Waals surface area (Å²) >= 11 is 12.2. The van der Waals surface area contributed by atoms with Crippen LogP contribution in [0.25, 0.3) is 0 Å². The number of pyridine rings is 1. The van der Waals surface area contributed by atoms with Gasteiger partial charge in [0.05, 0.1) is 27.8 Å². The zero-order chi connectivity index (χ0) is 25.8. The minimum absolute atomic E-state index is 0.0232. The zero-order valence-corrected chi connectivity index (χ0v) is 21.9. The molecule has 0 bridgehead atoms. The number of para-hydroxylation sites is 1. The number of hydrogen-bond acceptors (Lipinski definition) is 5. The van der Waals surface area contributed by atoms with Crippen molar-refractivity contribution in [2.24, 2.45) is 0 Å². The Labute approximate surface area is 221 Å². The Kier molecular flexibility index (Phi) is 8.14. The van der Waals surface area contributed by atoms with Crippen LogP contribution in [0, 0.1) is 0 Å². The van der Waals surface area contributed by atoms with Crippen LogP contribution in [0.2, 0.25) is 10.0 Å². The molecule has 2 amide bonds. The summed E-state index contributed by atoms with van der Waals surface area (Å²) in [5.74, 6) is -0.0595. The van der Waals surface area contributed by atoms with E-state index in [4.69, 9.17) is 27.9 Å². The van der Waals surface area contributed by atoms with E-state index >= 15 is 0 Å². The van der Waals surface area contributed by atoms with E-state index in [-0.39, 0.29) is 24.0 Å². The first-order valence-electron chi connectivity index (χ1n) is 11.7. The molecule has 1 atom stereocenters. The van der Waals surface area contributed by atoms with Crippen LogP contribution in [0.5, 0.6) is 5.75 Å². The summed E-state index contributed by atoms with van der Waals surface area (Å²) < 4.78 is 6.45. The molecule has 1 aliphatic heterocycles. The Morgan fingerprint density at radius 2 is 1.92 bits per heavy atom. The standard InChI is InChI=1S/C27H28Cl2N4O3/c1-17(2)33-16-20(15-32(3)14-18-7-8-22(28)23(29)13-18)36-25-21(27(33)35)5-4-6-24(25)31-26(34)19-9-11-30-12-10-19/h4-13,17,20H,14-16H2,1-3H3,(H,31,34). The lowest BCUT2D eigenvalue weighted by Crippen LogP contribution is -2.45. The van der Waals surface area contributed by atoms with Crippen molar-refractivity contribution in [2.75, 3.05) is 25.5 Å². The van der Waals surface area contributed by atoms with Gasteiger partial charge in [-0.1, -0.05) is 35.3 Å². The van der Waals surface area contributed by atoms with E-state index in [2.05, 4.69) is 15.2 Å². The van der Waals surface area contributed by atoms with Gasteiger partial charge in [0, 0.05) is 37.1 Å². The second-order valence-electron chi connectivity index (χ2n) is 9.11. The third-order valence-electron chi connectivity index (χ3n) is 5.96. The molecule has 0 radical (unpaired) electrons. The van der Waals surface area contributed by atoms with Crippen LogP contribution < -0.4 is 10.1 Å². The van der Waals surface area contributed by atoms with Crippen LogP contribution in [-0.2, 0) is 6.54 Å². The lowest BCUT2D eigenvalue weighted by molar-refractivity contribution is 0.0605. The lowest BCUT2D eigenvalue weighted by Gasteiger charge is -2.30. The molecule has 3 aromatic rings. The molecule has 2 aromatic carbocycles. The van der Waals surface area contributed by atoms with Gasteiger partial charge < -0.3 is 15.0 Å². The molecule has 4 rings (SSSR count). The molecular weight excluding hydrogens is 499 g/mol. The lowest BCUT2D eigenvalue weighted by atomic mass is 10.1. The molecule has 1 unspecified atom stereocenters. The van der Waals surface area contributed by atoms with Crippen LogP contribution in [0.4, 0.5) is 5.69 Å². The Morgan fingerprint density at radius 1 is 1.17 bits per heavy atom. The second-order valence-corrected chi connectivity index (χ2v) is 9.92. The van der Waals surface area contributed by atoms with Gasteiger partial charge in [0.25, 0.3) is 11.8 Å². The highest BCUT2D eigenvalue weighted by Gasteiger charge is 2.32. The molecule has 0 spiro atoms. The predicted molar refractivity (Wildman–Crippen MR) is 142 cm³/mol. The number of amides is 2. The Balaban J connectivity index is 1.59. The summed E-state index contributed by atoms with van der Waals surface area (Å²) in [5, 5.41) is 3.92. The summed E-state index contributed by atoms with van der Waals surface area (Å²) in [6, 6.07) is 14.0. The van der Waals surface area contributed by atoms with Gasteiger partial charge in [0.15, 0.2) is 5.75 Å². The number of carbonyl (C=O) groups excluding carboxylic acids is 2. The number of fused-ring (bicyclic) bond motifs is 1. The molecule has 7 nitrogen and oxygen atoms in total. The summed E-state index contributed by atoms with van der Waals surface area (Å²) in [7, 11) is 1.98. The Morgan fingerprint density at radius 3 is 2.61 bits per heavy atom. The first kappa shape index (κ1) is 25.9. The van der Waals surface area contributed by atoms with E-state index in [0.717, 1.165) is 5.56 Å². The van der Waals surface area contributed by atoms with Gasteiger partial charge in [-0.2, -0.15) is 0 Å². The maximum atomic E-state index is 13.5. The van der Waals surface area contributed by atoms with Gasteiger partial charge in [-0.25, -0.2) is 0 Å². The largest absolute Gasteiger partial charge is 0.484 e. The summed E-state index contributed by atoms with van der Waals surface area (Å²) in [6.45, 7) is 5.54. The normalized spacial score (nSPS) is 15.5. The van der Waals surface area contributed by atoms with Crippen LogP contribution in [0.15, 0.2) is 60.9 Å². The van der Waals surface area contributed by atoms with Gasteiger partial charge in [-0.3, -0.25) is 19.5 Å². The number of halogens is 2. The van der Waals surface area contributed by atoms with Crippen molar-refractivity contribution in [3.05, 3.63) is 87.7 Å². The minimum atomic E-state index is -0.329. The highest BCUT2D eigenvalue weighted by molar-refractivity contribution is 6.42. The van der Waals surface area contributed by atoms with E-state index < -0.39 is 0 Å². The molecule has 0 saturated carbocycles. The van der Waals surface area contributed by atoms with Gasteiger partial charge in [-0.15, -0.1) is 0 Å².